The average Bonchev–Trinajstić information content (AvgIpc) is 2.43. The lowest BCUT2D eigenvalue weighted by molar-refractivity contribution is 0.153. The van der Waals surface area contributed by atoms with Crippen molar-refractivity contribution in [3.63, 3.8) is 0 Å². The lowest BCUT2D eigenvalue weighted by Gasteiger charge is -2.24. The van der Waals surface area contributed by atoms with E-state index in [1.54, 1.807) is 0 Å². The van der Waals surface area contributed by atoms with Gasteiger partial charge in [0, 0.05) is 30.1 Å². The molecule has 0 atom stereocenters. The number of nitrogens with one attached hydrogen (secondary N) is 1. The van der Waals surface area contributed by atoms with E-state index in [1.165, 1.54) is 37.7 Å². The molecule has 1 aromatic heterocycles. The Bertz CT molecular complexity index is 386. The van der Waals surface area contributed by atoms with E-state index in [9.17, 15) is 0 Å². The molecule has 106 valence electrons. The van der Waals surface area contributed by atoms with Gasteiger partial charge < -0.3 is 10.1 Å². The zero-order chi connectivity index (χ0) is 13.5. The first-order valence-corrected chi connectivity index (χ1v) is 7.62. The minimum absolute atomic E-state index is 0.403. The van der Waals surface area contributed by atoms with Gasteiger partial charge in [-0.3, -0.25) is 4.98 Å². The highest BCUT2D eigenvalue weighted by molar-refractivity contribution is 5.33. The molecule has 0 unspecified atom stereocenters. The summed E-state index contributed by atoms with van der Waals surface area (Å²) in [6.07, 6.45) is 9.87. The van der Waals surface area contributed by atoms with E-state index >= 15 is 0 Å². The van der Waals surface area contributed by atoms with Gasteiger partial charge >= 0.3 is 0 Å². The molecule has 3 nitrogen and oxygen atoms in total. The molecule has 1 heterocycles. The maximum atomic E-state index is 6.22. The summed E-state index contributed by atoms with van der Waals surface area (Å²) in [5.74, 6) is 1.03. The predicted octanol–water partition coefficient (Wildman–Crippen LogP) is 3.60. The monoisotopic (exact) mass is 262 g/mol. The first-order chi connectivity index (χ1) is 9.29. The zero-order valence-corrected chi connectivity index (χ0v) is 12.2. The van der Waals surface area contributed by atoms with Crippen LogP contribution in [0.4, 0.5) is 0 Å². The quantitative estimate of drug-likeness (QED) is 0.795. The van der Waals surface area contributed by atoms with E-state index in [4.69, 9.17) is 4.74 Å². The van der Waals surface area contributed by atoms with Gasteiger partial charge in [-0.25, -0.2) is 0 Å². The second-order valence-electron chi connectivity index (χ2n) is 5.49. The SMILES string of the molecule is CCCNCc1cnc(C)cc1OC1CCCCC1. The van der Waals surface area contributed by atoms with Gasteiger partial charge in [0.25, 0.3) is 0 Å². The van der Waals surface area contributed by atoms with Crippen molar-refractivity contribution in [2.75, 3.05) is 6.54 Å². The Morgan fingerprint density at radius 2 is 2.11 bits per heavy atom. The fraction of sp³-hybridized carbons (Fsp3) is 0.688. The molecule has 3 heteroatoms. The maximum Gasteiger partial charge on any atom is 0.127 e. The number of hydrogen-bond donors (Lipinski definition) is 1. The lowest BCUT2D eigenvalue weighted by atomic mass is 9.98. The molecular formula is C16H26N2O. The number of aryl methyl sites for hydroxylation is 1. The largest absolute Gasteiger partial charge is 0.490 e. The van der Waals surface area contributed by atoms with Crippen LogP contribution in [-0.4, -0.2) is 17.6 Å². The fourth-order valence-electron chi connectivity index (χ4n) is 2.57. The van der Waals surface area contributed by atoms with Gasteiger partial charge in [0.1, 0.15) is 5.75 Å². The molecule has 0 aliphatic heterocycles. The van der Waals surface area contributed by atoms with E-state index in [0.717, 1.165) is 31.0 Å². The van der Waals surface area contributed by atoms with Crippen LogP contribution < -0.4 is 10.1 Å². The van der Waals surface area contributed by atoms with Gasteiger partial charge in [-0.15, -0.1) is 0 Å². The van der Waals surface area contributed by atoms with Crippen LogP contribution in [0.5, 0.6) is 5.75 Å². The molecule has 0 spiro atoms. The molecule has 1 fully saturated rings. The van der Waals surface area contributed by atoms with Crippen LogP contribution in [0.1, 0.15) is 56.7 Å². The summed E-state index contributed by atoms with van der Waals surface area (Å²) in [5.41, 5.74) is 2.22. The van der Waals surface area contributed by atoms with Gasteiger partial charge in [-0.05, 0) is 45.6 Å². The first kappa shape index (κ1) is 14.3. The van der Waals surface area contributed by atoms with E-state index in [2.05, 4.69) is 23.3 Å². The summed E-state index contributed by atoms with van der Waals surface area (Å²) >= 11 is 0. The third-order valence-electron chi connectivity index (χ3n) is 3.67. The Kier molecular flexibility index (Phi) is 5.64. The Morgan fingerprint density at radius 1 is 1.32 bits per heavy atom. The summed E-state index contributed by atoms with van der Waals surface area (Å²) in [4.78, 5) is 4.39. The Morgan fingerprint density at radius 3 is 2.84 bits per heavy atom. The number of aromatic nitrogens is 1. The van der Waals surface area contributed by atoms with Crippen molar-refractivity contribution in [2.45, 2.75) is 65.0 Å². The highest BCUT2D eigenvalue weighted by atomic mass is 16.5. The Labute approximate surface area is 116 Å². The van der Waals surface area contributed by atoms with Gasteiger partial charge in [-0.2, -0.15) is 0 Å². The van der Waals surface area contributed by atoms with Crippen LogP contribution in [0.25, 0.3) is 0 Å². The number of rotatable bonds is 6. The predicted molar refractivity (Wildman–Crippen MR) is 78.5 cm³/mol. The highest BCUT2D eigenvalue weighted by Crippen LogP contribution is 2.26. The molecule has 1 aromatic rings. The molecule has 1 N–H and O–H groups in total. The van der Waals surface area contributed by atoms with Gasteiger partial charge in [0.2, 0.25) is 0 Å². The highest BCUT2D eigenvalue weighted by Gasteiger charge is 2.16. The normalized spacial score (nSPS) is 16.5. The Hall–Kier alpha value is -1.09. The molecule has 0 bridgehead atoms. The summed E-state index contributed by atoms with van der Waals surface area (Å²) in [7, 11) is 0. The zero-order valence-electron chi connectivity index (χ0n) is 12.2. The summed E-state index contributed by atoms with van der Waals surface area (Å²) in [6, 6.07) is 2.08. The topological polar surface area (TPSA) is 34.2 Å². The number of hydrogen-bond acceptors (Lipinski definition) is 3. The lowest BCUT2D eigenvalue weighted by Crippen LogP contribution is -2.21. The van der Waals surface area contributed by atoms with E-state index in [1.807, 2.05) is 13.1 Å². The number of ether oxygens (including phenoxy) is 1. The standard InChI is InChI=1S/C16H26N2O/c1-3-9-17-11-14-12-18-13(2)10-16(14)19-15-7-5-4-6-8-15/h10,12,15,17H,3-9,11H2,1-2H3. The van der Waals surface area contributed by atoms with Gasteiger partial charge in [0.05, 0.1) is 6.10 Å². The number of pyridine rings is 1. The van der Waals surface area contributed by atoms with Crippen LogP contribution in [0.15, 0.2) is 12.3 Å². The molecule has 0 saturated heterocycles. The smallest absolute Gasteiger partial charge is 0.127 e. The van der Waals surface area contributed by atoms with Crippen molar-refractivity contribution in [3.05, 3.63) is 23.5 Å². The van der Waals surface area contributed by atoms with Crippen molar-refractivity contribution in [1.29, 1.82) is 0 Å². The Balaban J connectivity index is 2.01. The van der Waals surface area contributed by atoms with Crippen molar-refractivity contribution in [1.82, 2.24) is 10.3 Å². The molecule has 19 heavy (non-hydrogen) atoms. The third kappa shape index (κ3) is 4.50. The van der Waals surface area contributed by atoms with E-state index < -0.39 is 0 Å². The summed E-state index contributed by atoms with van der Waals surface area (Å²) in [5, 5.41) is 3.43. The van der Waals surface area contributed by atoms with Crippen molar-refractivity contribution in [3.8, 4) is 5.75 Å². The van der Waals surface area contributed by atoms with E-state index in [0.29, 0.717) is 6.10 Å². The van der Waals surface area contributed by atoms with Crippen LogP contribution in [-0.2, 0) is 6.54 Å². The van der Waals surface area contributed by atoms with Crippen molar-refractivity contribution >= 4 is 0 Å². The fourth-order valence-corrected chi connectivity index (χ4v) is 2.57. The van der Waals surface area contributed by atoms with Crippen LogP contribution in [0, 0.1) is 6.92 Å². The molecule has 1 saturated carbocycles. The molecular weight excluding hydrogens is 236 g/mol. The maximum absolute atomic E-state index is 6.22. The molecule has 0 aromatic carbocycles. The average molecular weight is 262 g/mol. The minimum atomic E-state index is 0.403. The van der Waals surface area contributed by atoms with Crippen LogP contribution in [0.2, 0.25) is 0 Å². The van der Waals surface area contributed by atoms with Crippen LogP contribution >= 0.6 is 0 Å². The van der Waals surface area contributed by atoms with Crippen LogP contribution in [0.3, 0.4) is 0 Å². The first-order valence-electron chi connectivity index (χ1n) is 7.62. The number of nitrogens with zero attached hydrogens (tertiary/aromatic N) is 1. The third-order valence-corrected chi connectivity index (χ3v) is 3.67. The molecule has 1 aliphatic rings. The minimum Gasteiger partial charge on any atom is -0.490 e. The second-order valence-corrected chi connectivity index (χ2v) is 5.49. The molecule has 0 radical (unpaired) electrons. The van der Waals surface area contributed by atoms with Gasteiger partial charge in [0.15, 0.2) is 0 Å². The molecule has 1 aliphatic carbocycles. The molecule has 2 rings (SSSR count). The van der Waals surface area contributed by atoms with Crippen molar-refractivity contribution in [2.24, 2.45) is 0 Å². The van der Waals surface area contributed by atoms with Gasteiger partial charge in [-0.1, -0.05) is 13.3 Å². The van der Waals surface area contributed by atoms with Crippen molar-refractivity contribution < 1.29 is 4.74 Å². The summed E-state index contributed by atoms with van der Waals surface area (Å²) in [6.45, 7) is 6.09. The van der Waals surface area contributed by atoms with E-state index in [-0.39, 0.29) is 0 Å². The summed E-state index contributed by atoms with van der Waals surface area (Å²) < 4.78 is 6.22. The molecule has 0 amide bonds. The second kappa shape index (κ2) is 7.49.